The molecule has 1 unspecified atom stereocenters. The van der Waals surface area contributed by atoms with Crippen LogP contribution in [0.5, 0.6) is 0 Å². The molecule has 0 saturated carbocycles. The minimum atomic E-state index is -1.58. The van der Waals surface area contributed by atoms with E-state index in [2.05, 4.69) is 10.3 Å². The summed E-state index contributed by atoms with van der Waals surface area (Å²) in [6, 6.07) is 9.33. The van der Waals surface area contributed by atoms with Crippen LogP contribution in [0.15, 0.2) is 48.7 Å². The molecule has 3 saturated heterocycles. The molecule has 9 nitrogen and oxygen atoms in total. The number of esters is 1. The number of carbonyl (C=O) groups is 1. The molecule has 0 N–H and O–H groups in total. The zero-order valence-corrected chi connectivity index (χ0v) is 21.2. The summed E-state index contributed by atoms with van der Waals surface area (Å²) in [6.45, 7) is 4.05. The second-order valence-corrected chi connectivity index (χ2v) is 10.2. The minimum Gasteiger partial charge on any atom is -0.451 e. The zero-order chi connectivity index (χ0) is 27.4. The standard InChI is InChI=1S/C27H26F3N3O6/c1-26(2)36-14-20-23(39-26)22(33-13-19(31-32-33)16-11-17(28)21(30)18(29)12-16)24(27(38-20)9-6-10-35-27)37-25(34)15-7-4-3-5-8-15/h3-5,7-8,11-13,20,22-24H,6,9-10,14H2,1-2H3/t20-,22+,23+,24?,27+/m1/s1. The van der Waals surface area contributed by atoms with Crippen molar-refractivity contribution < 1.29 is 41.7 Å². The summed E-state index contributed by atoms with van der Waals surface area (Å²) in [6.07, 6.45) is 0.150. The molecule has 0 amide bonds. The van der Waals surface area contributed by atoms with E-state index in [-0.39, 0.29) is 17.9 Å². The number of ether oxygens (including phenoxy) is 5. The highest BCUT2D eigenvalue weighted by Gasteiger charge is 2.62. The molecule has 4 heterocycles. The number of fused-ring (bicyclic) bond motifs is 1. The number of carbonyl (C=O) groups excluding carboxylic acids is 1. The highest BCUT2D eigenvalue weighted by Crippen LogP contribution is 2.48. The summed E-state index contributed by atoms with van der Waals surface area (Å²) in [7, 11) is 0. The van der Waals surface area contributed by atoms with Gasteiger partial charge in [0.1, 0.15) is 23.9 Å². The first-order chi connectivity index (χ1) is 18.7. The van der Waals surface area contributed by atoms with Gasteiger partial charge in [0.05, 0.1) is 25.0 Å². The first-order valence-electron chi connectivity index (χ1n) is 12.6. The third-order valence-electron chi connectivity index (χ3n) is 7.17. The van der Waals surface area contributed by atoms with Crippen LogP contribution in [-0.4, -0.2) is 64.1 Å². The molecule has 1 aromatic heterocycles. The lowest BCUT2D eigenvalue weighted by Crippen LogP contribution is -2.67. The van der Waals surface area contributed by atoms with Gasteiger partial charge in [0.25, 0.3) is 0 Å². The van der Waals surface area contributed by atoms with Gasteiger partial charge in [-0.1, -0.05) is 23.4 Å². The number of hydrogen-bond donors (Lipinski definition) is 0. The maximum Gasteiger partial charge on any atom is 0.338 e. The third-order valence-corrected chi connectivity index (χ3v) is 7.17. The number of nitrogens with zero attached hydrogens (tertiary/aromatic N) is 3. The molecular weight excluding hydrogens is 519 g/mol. The van der Waals surface area contributed by atoms with Gasteiger partial charge in [-0.3, -0.25) is 0 Å². The van der Waals surface area contributed by atoms with Crippen LogP contribution in [0.25, 0.3) is 11.3 Å². The van der Waals surface area contributed by atoms with Crippen LogP contribution in [0.4, 0.5) is 13.2 Å². The number of hydrogen-bond acceptors (Lipinski definition) is 8. The van der Waals surface area contributed by atoms with E-state index in [1.54, 1.807) is 44.2 Å². The third kappa shape index (κ3) is 4.71. The summed E-state index contributed by atoms with van der Waals surface area (Å²) in [5.74, 6) is -7.20. The summed E-state index contributed by atoms with van der Waals surface area (Å²) < 4.78 is 73.7. The van der Waals surface area contributed by atoms with E-state index in [0.717, 1.165) is 12.1 Å². The quantitative estimate of drug-likeness (QED) is 0.356. The van der Waals surface area contributed by atoms with Crippen molar-refractivity contribution in [1.29, 1.82) is 0 Å². The van der Waals surface area contributed by atoms with Crippen molar-refractivity contribution in [3.05, 3.63) is 71.7 Å². The topological polar surface area (TPSA) is 93.9 Å². The molecule has 6 rings (SSSR count). The summed E-state index contributed by atoms with van der Waals surface area (Å²) in [5.41, 5.74) is 0.395. The molecule has 5 atom stereocenters. The first kappa shape index (κ1) is 25.9. The monoisotopic (exact) mass is 545 g/mol. The fourth-order valence-corrected chi connectivity index (χ4v) is 5.38. The van der Waals surface area contributed by atoms with Gasteiger partial charge in [0.2, 0.25) is 5.79 Å². The molecule has 2 aromatic carbocycles. The highest BCUT2D eigenvalue weighted by atomic mass is 19.2. The average Bonchev–Trinajstić information content (AvgIpc) is 3.59. The van der Waals surface area contributed by atoms with Crippen molar-refractivity contribution in [2.45, 2.75) is 62.6 Å². The lowest BCUT2D eigenvalue weighted by Gasteiger charge is -2.53. The molecule has 0 bridgehead atoms. The van der Waals surface area contributed by atoms with Crippen LogP contribution in [0.1, 0.15) is 43.1 Å². The largest absolute Gasteiger partial charge is 0.451 e. The number of halogens is 3. The SMILES string of the molecule is CC1(C)OC[C@H]2O[C@@]3(CCCO3)C(OC(=O)c3ccccc3)[C@@H](n3cc(-c4cc(F)c(F)c(F)c4)nn3)[C@H]2O1. The van der Waals surface area contributed by atoms with E-state index in [4.69, 9.17) is 23.7 Å². The van der Waals surface area contributed by atoms with Crippen molar-refractivity contribution in [2.24, 2.45) is 0 Å². The second-order valence-electron chi connectivity index (χ2n) is 10.2. The normalized spacial score (nSPS) is 29.8. The predicted octanol–water partition coefficient (Wildman–Crippen LogP) is 4.19. The fraction of sp³-hybridized carbons (Fsp3) is 0.444. The van der Waals surface area contributed by atoms with E-state index in [1.807, 2.05) is 0 Å². The summed E-state index contributed by atoms with van der Waals surface area (Å²) >= 11 is 0. The van der Waals surface area contributed by atoms with E-state index in [0.29, 0.717) is 25.0 Å². The Morgan fingerprint density at radius 1 is 1.08 bits per heavy atom. The highest BCUT2D eigenvalue weighted by molar-refractivity contribution is 5.89. The van der Waals surface area contributed by atoms with Gasteiger partial charge >= 0.3 is 5.97 Å². The number of aromatic nitrogens is 3. The Morgan fingerprint density at radius 2 is 1.82 bits per heavy atom. The molecule has 3 aliphatic rings. The molecular formula is C27H26F3N3O6. The van der Waals surface area contributed by atoms with E-state index >= 15 is 0 Å². The maximum atomic E-state index is 14.0. The molecule has 3 fully saturated rings. The van der Waals surface area contributed by atoms with Gasteiger partial charge in [0, 0.05) is 12.0 Å². The van der Waals surface area contributed by atoms with E-state index in [9.17, 15) is 18.0 Å². The van der Waals surface area contributed by atoms with Gasteiger partial charge in [-0.15, -0.1) is 5.10 Å². The Hall–Kier alpha value is -3.32. The van der Waals surface area contributed by atoms with Gasteiger partial charge < -0.3 is 23.7 Å². The fourth-order valence-electron chi connectivity index (χ4n) is 5.38. The molecule has 206 valence electrons. The van der Waals surface area contributed by atoms with Crippen LogP contribution in [0, 0.1) is 17.5 Å². The van der Waals surface area contributed by atoms with E-state index in [1.165, 1.54) is 10.9 Å². The van der Waals surface area contributed by atoms with Crippen molar-refractivity contribution in [3.8, 4) is 11.3 Å². The average molecular weight is 546 g/mol. The van der Waals surface area contributed by atoms with Crippen LogP contribution < -0.4 is 0 Å². The lowest BCUT2D eigenvalue weighted by atomic mass is 9.87. The molecule has 0 aliphatic carbocycles. The minimum absolute atomic E-state index is 0.0147. The summed E-state index contributed by atoms with van der Waals surface area (Å²) in [4.78, 5) is 13.3. The maximum absolute atomic E-state index is 14.0. The number of benzene rings is 2. The Balaban J connectivity index is 1.44. The Morgan fingerprint density at radius 3 is 2.51 bits per heavy atom. The molecule has 1 spiro atoms. The first-order valence-corrected chi connectivity index (χ1v) is 12.6. The number of rotatable bonds is 4. The van der Waals surface area contributed by atoms with Gasteiger partial charge in [-0.25, -0.2) is 22.6 Å². The van der Waals surface area contributed by atoms with E-state index < -0.39 is 59.3 Å². The Kier molecular flexibility index (Phi) is 6.45. The zero-order valence-electron chi connectivity index (χ0n) is 21.2. The molecule has 0 radical (unpaired) electrons. The Bertz CT molecular complexity index is 1360. The van der Waals surface area contributed by atoms with Gasteiger partial charge in [-0.2, -0.15) is 0 Å². The predicted molar refractivity (Wildman–Crippen MR) is 128 cm³/mol. The van der Waals surface area contributed by atoms with Crippen molar-refractivity contribution >= 4 is 5.97 Å². The van der Waals surface area contributed by atoms with Crippen LogP contribution >= 0.6 is 0 Å². The molecule has 39 heavy (non-hydrogen) atoms. The smallest absolute Gasteiger partial charge is 0.338 e. The second kappa shape index (κ2) is 9.70. The van der Waals surface area contributed by atoms with Crippen molar-refractivity contribution in [1.82, 2.24) is 15.0 Å². The molecule has 3 aliphatic heterocycles. The Labute approximate surface area is 221 Å². The van der Waals surface area contributed by atoms with Crippen LogP contribution in [0.2, 0.25) is 0 Å². The summed E-state index contributed by atoms with van der Waals surface area (Å²) in [5, 5.41) is 8.31. The van der Waals surface area contributed by atoms with Gasteiger partial charge in [0.15, 0.2) is 29.3 Å². The molecule has 12 heteroatoms. The molecule has 3 aromatic rings. The van der Waals surface area contributed by atoms with Crippen LogP contribution in [0.3, 0.4) is 0 Å². The van der Waals surface area contributed by atoms with Crippen molar-refractivity contribution in [3.63, 3.8) is 0 Å². The van der Waals surface area contributed by atoms with Crippen LogP contribution in [-0.2, 0) is 23.7 Å². The van der Waals surface area contributed by atoms with Crippen molar-refractivity contribution in [2.75, 3.05) is 13.2 Å². The lowest BCUT2D eigenvalue weighted by molar-refractivity contribution is -0.398. The van der Waals surface area contributed by atoms with Gasteiger partial charge in [-0.05, 0) is 44.5 Å².